The molecule has 58 heavy (non-hydrogen) atoms. The Morgan fingerprint density at radius 2 is 0.879 bits per heavy atom. The van der Waals surface area contributed by atoms with E-state index < -0.39 is 0 Å². The second kappa shape index (κ2) is 17.8. The third kappa shape index (κ3) is 8.38. The van der Waals surface area contributed by atoms with Crippen LogP contribution in [0.2, 0.25) is 10.0 Å². The molecule has 0 aliphatic rings. The molecule has 0 bridgehead atoms. The Labute approximate surface area is 371 Å². The molecular weight excluding hydrogens is 891 g/mol. The van der Waals surface area contributed by atoms with Crippen LogP contribution in [0.1, 0.15) is 22.3 Å². The molecule has 0 saturated carbocycles. The molecule has 294 valence electrons. The van der Waals surface area contributed by atoms with Crippen molar-refractivity contribution in [1.29, 1.82) is 0 Å². The molecule has 0 aliphatic heterocycles. The van der Waals surface area contributed by atoms with Crippen LogP contribution >= 0.6 is 23.2 Å². The van der Waals surface area contributed by atoms with Crippen molar-refractivity contribution in [3.8, 4) is 11.1 Å². The topological polar surface area (TPSA) is 66.3 Å². The molecule has 0 aliphatic carbocycles. The van der Waals surface area contributed by atoms with Crippen LogP contribution in [0.15, 0.2) is 146 Å². The summed E-state index contributed by atoms with van der Waals surface area (Å²) in [4.78, 5) is 4.38. The number of nitrogens with zero attached hydrogens (tertiary/aromatic N) is 4. The van der Waals surface area contributed by atoms with Gasteiger partial charge in [0.15, 0.2) is 25.5 Å². The smallest absolute Gasteiger partial charge is 0.219 e. The quantitative estimate of drug-likeness (QED) is 0.159. The predicted molar refractivity (Wildman–Crippen MR) is 236 cm³/mol. The monoisotopic (exact) mass is 932 g/mol. The molecule has 10 heteroatoms. The van der Waals surface area contributed by atoms with E-state index in [1.54, 1.807) is 0 Å². The first-order valence-corrected chi connectivity index (χ1v) is 19.4. The lowest BCUT2D eigenvalue weighted by Crippen LogP contribution is -3.00. The number of halogens is 4. The number of anilines is 6. The lowest BCUT2D eigenvalue weighted by molar-refractivity contribution is -0.662. The summed E-state index contributed by atoms with van der Waals surface area (Å²) in [6.07, 6.45) is 4.33. The minimum absolute atomic E-state index is 0. The molecule has 2 heterocycles. The first-order chi connectivity index (χ1) is 27.0. The number of rotatable bonds is 9. The van der Waals surface area contributed by atoms with Crippen LogP contribution in [0.3, 0.4) is 0 Å². The van der Waals surface area contributed by atoms with Gasteiger partial charge in [-0.15, -0.1) is 0 Å². The number of hydrogen-bond donors (Lipinski definition) is 2. The van der Waals surface area contributed by atoms with Gasteiger partial charge in [-0.3, -0.25) is 0 Å². The van der Waals surface area contributed by atoms with E-state index in [-0.39, 0.29) is 34.0 Å². The van der Waals surface area contributed by atoms with E-state index in [0.717, 1.165) is 67.1 Å². The SMILES string of the molecule is Cc1c(N)ccc2c(N(C)c3ccc(Cl)cc3)cc[n+](Cc3cccc(-c4cccc(C[n+]5ccc(N(C)c6ccc(Cl)cc6)c6ccc(N)c(C)c65)c4)c3)c12.[Br-].[Br-]. The maximum absolute atomic E-state index is 6.51. The number of benzene rings is 6. The average Bonchev–Trinajstić information content (AvgIpc) is 3.21. The first kappa shape index (κ1) is 42.5. The second-order valence-corrected chi connectivity index (χ2v) is 15.4. The molecule has 0 unspecified atom stereocenters. The zero-order valence-corrected chi connectivity index (χ0v) is 37.4. The number of hydrogen-bond acceptors (Lipinski definition) is 4. The molecule has 0 spiro atoms. The Balaban J connectivity index is 0.00000283. The molecule has 8 aromatic rings. The van der Waals surface area contributed by atoms with Crippen molar-refractivity contribution >= 4 is 79.1 Å². The van der Waals surface area contributed by atoms with Gasteiger partial charge in [0.2, 0.25) is 11.0 Å². The summed E-state index contributed by atoms with van der Waals surface area (Å²) < 4.78 is 4.61. The van der Waals surface area contributed by atoms with Crippen molar-refractivity contribution in [2.75, 3.05) is 35.4 Å². The lowest BCUT2D eigenvalue weighted by Gasteiger charge is -2.21. The molecule has 8 rings (SSSR count). The predicted octanol–water partition coefficient (Wildman–Crippen LogP) is 4.96. The largest absolute Gasteiger partial charge is 1.00 e. The molecule has 0 amide bonds. The highest BCUT2D eigenvalue weighted by molar-refractivity contribution is 6.31. The van der Waals surface area contributed by atoms with Gasteiger partial charge < -0.3 is 55.2 Å². The summed E-state index contributed by atoms with van der Waals surface area (Å²) in [6, 6.07) is 46.1. The van der Waals surface area contributed by atoms with Crippen LogP contribution in [0, 0.1) is 13.8 Å². The van der Waals surface area contributed by atoms with Crippen molar-refractivity contribution in [1.82, 2.24) is 0 Å². The van der Waals surface area contributed by atoms with Gasteiger partial charge in [-0.25, -0.2) is 0 Å². The number of aryl methyl sites for hydroxylation is 2. The molecule has 6 aromatic carbocycles. The van der Waals surface area contributed by atoms with Gasteiger partial charge in [-0.2, -0.15) is 9.13 Å². The van der Waals surface area contributed by atoms with Crippen LogP contribution in [-0.2, 0) is 13.1 Å². The Morgan fingerprint density at radius 3 is 1.26 bits per heavy atom. The highest BCUT2D eigenvalue weighted by atomic mass is 79.9. The van der Waals surface area contributed by atoms with E-state index in [2.05, 4.69) is 132 Å². The number of nitrogens with two attached hydrogens (primary N) is 2. The van der Waals surface area contributed by atoms with Gasteiger partial charge in [0.1, 0.15) is 0 Å². The maximum atomic E-state index is 6.51. The Bertz CT molecular complexity index is 2570. The average molecular weight is 936 g/mol. The summed E-state index contributed by atoms with van der Waals surface area (Å²) in [6.45, 7) is 5.59. The highest BCUT2D eigenvalue weighted by Gasteiger charge is 2.22. The van der Waals surface area contributed by atoms with Gasteiger partial charge in [0.05, 0.1) is 22.1 Å². The maximum Gasteiger partial charge on any atom is 0.219 e. The normalized spacial score (nSPS) is 10.9. The van der Waals surface area contributed by atoms with E-state index in [0.29, 0.717) is 23.1 Å². The summed E-state index contributed by atoms with van der Waals surface area (Å²) in [5.74, 6) is 0. The molecule has 0 atom stereocenters. The lowest BCUT2D eigenvalue weighted by atomic mass is 10.00. The highest BCUT2D eigenvalue weighted by Crippen LogP contribution is 2.35. The van der Waals surface area contributed by atoms with Gasteiger partial charge in [-0.1, -0.05) is 59.6 Å². The fourth-order valence-corrected chi connectivity index (χ4v) is 8.03. The van der Waals surface area contributed by atoms with Crippen molar-refractivity contribution < 1.29 is 43.1 Å². The second-order valence-electron chi connectivity index (χ2n) is 14.5. The molecule has 0 radical (unpaired) electrons. The van der Waals surface area contributed by atoms with Crippen LogP contribution < -0.4 is 64.4 Å². The molecule has 0 saturated heterocycles. The summed E-state index contributed by atoms with van der Waals surface area (Å²) >= 11 is 12.4. The van der Waals surface area contributed by atoms with Crippen LogP contribution in [0.5, 0.6) is 0 Å². The molecule has 0 fully saturated rings. The van der Waals surface area contributed by atoms with Gasteiger partial charge >= 0.3 is 0 Å². The fraction of sp³-hybridized carbons (Fsp3) is 0.125. The zero-order chi connectivity index (χ0) is 39.1. The van der Waals surface area contributed by atoms with Crippen LogP contribution in [-0.4, -0.2) is 14.1 Å². The minimum atomic E-state index is 0. The van der Waals surface area contributed by atoms with Crippen molar-refractivity contribution in [3.63, 3.8) is 0 Å². The molecule has 4 N–H and O–H groups in total. The first-order valence-electron chi connectivity index (χ1n) is 18.6. The third-order valence-electron chi connectivity index (χ3n) is 10.9. The number of nitrogen functional groups attached to an aromatic ring is 2. The minimum Gasteiger partial charge on any atom is -1.00 e. The zero-order valence-electron chi connectivity index (χ0n) is 32.7. The van der Waals surface area contributed by atoms with Gasteiger partial charge in [0.25, 0.3) is 0 Å². The van der Waals surface area contributed by atoms with Crippen molar-refractivity contribution in [3.05, 3.63) is 178 Å². The Kier molecular flexibility index (Phi) is 13.0. The van der Waals surface area contributed by atoms with E-state index in [1.807, 2.05) is 60.7 Å². The Morgan fingerprint density at radius 1 is 0.500 bits per heavy atom. The number of aromatic nitrogens is 2. The molecular formula is C48H44Br2Cl2N6. The van der Waals surface area contributed by atoms with Crippen LogP contribution in [0.4, 0.5) is 34.1 Å². The molecule has 6 nitrogen and oxygen atoms in total. The van der Waals surface area contributed by atoms with Gasteiger partial charge in [0, 0.05) is 81.3 Å². The van der Waals surface area contributed by atoms with E-state index in [1.165, 1.54) is 22.3 Å². The van der Waals surface area contributed by atoms with Crippen LogP contribution in [0.25, 0.3) is 32.9 Å². The van der Waals surface area contributed by atoms with Crippen molar-refractivity contribution in [2.45, 2.75) is 26.9 Å². The summed E-state index contributed by atoms with van der Waals surface area (Å²) in [5, 5.41) is 3.70. The fourth-order valence-electron chi connectivity index (χ4n) is 7.78. The van der Waals surface area contributed by atoms with E-state index >= 15 is 0 Å². The van der Waals surface area contributed by atoms with E-state index in [9.17, 15) is 0 Å². The summed E-state index contributed by atoms with van der Waals surface area (Å²) in [7, 11) is 4.17. The number of pyridine rings is 2. The Hall–Kier alpha value is -5.12. The number of fused-ring (bicyclic) bond motifs is 2. The van der Waals surface area contributed by atoms with Crippen molar-refractivity contribution in [2.24, 2.45) is 0 Å². The third-order valence-corrected chi connectivity index (χ3v) is 11.4. The van der Waals surface area contributed by atoms with E-state index in [4.69, 9.17) is 34.7 Å². The standard InChI is InChI=1S/C48H42Cl2N6.2BrH/c1-31-43(51)21-19-41-45(53(3)39-15-11-37(49)12-16-39)23-25-55(47(31)41)29-33-7-5-9-35(27-33)36-10-6-8-34(28-36)30-56-26-24-46(42-20-22-44(52)32(2)48(42)56)54(4)40-17-13-38(50)14-18-40;;/h5-28,51-52H,29-30H2,1-4H3;2*1H. The van der Waals surface area contributed by atoms with Gasteiger partial charge in [-0.05, 0) is 110 Å². The summed E-state index contributed by atoms with van der Waals surface area (Å²) in [5.41, 5.74) is 28.0. The molecule has 2 aromatic heterocycles.